The van der Waals surface area contributed by atoms with Crippen molar-refractivity contribution in [3.05, 3.63) is 54.7 Å². The minimum atomic E-state index is -0.660. The molecule has 12 heterocycles. The minimum Gasteiger partial charge on any atom is -0.863 e. The second kappa shape index (κ2) is 49.1. The third-order valence-corrected chi connectivity index (χ3v) is 19.9. The van der Waals surface area contributed by atoms with Gasteiger partial charge >= 0.3 is 0 Å². The van der Waals surface area contributed by atoms with E-state index in [1.54, 1.807) is 0 Å². The van der Waals surface area contributed by atoms with E-state index in [0.717, 1.165) is 223 Å². The number of hydrogen-bond donors (Lipinski definition) is 4. The number of aliphatic imine (C=N–C) groups is 8. The standard InChI is InChI=1S/C17H29N5O3.C17H27N5O3.2C17H29N5O2.4Cu/c2*23-16(12-6-1-3-10-18-12)20-14-8-5-9-15(22(14)25)21-17(24)13-7-2-4-11-19-13;2*23-16(12-6-1-3-10-18-12)21-14-8-5-9-15(20-14)22-17(24)13-7-2-4-11-19-13;;;;/h12-15,25H,1-11H2,(H,20,23)(H,21,24);1,3,12-15,25H,2,4-11H2,(H,20,23)(H,21,24);2*12-15,20H,1-11H2,(H,21,23)(H,22,24);;;;/q4*-2;;;;/p-8. The second-order valence-corrected chi connectivity index (χ2v) is 27.6. The Balaban J connectivity index is 0.000000242. The van der Waals surface area contributed by atoms with E-state index in [1.165, 1.54) is 0 Å². The Hall–Kier alpha value is -2.98. The molecule has 0 aromatic carbocycles. The summed E-state index contributed by atoms with van der Waals surface area (Å²) in [7, 11) is 0. The molecule has 12 rings (SSSR count). The van der Waals surface area contributed by atoms with Crippen LogP contribution in [0.4, 0.5) is 0 Å². The molecule has 11 fully saturated rings. The first kappa shape index (κ1) is 89.6. The predicted octanol–water partition coefficient (Wildman–Crippen LogP) is 3.10. The first-order valence-electron chi connectivity index (χ1n) is 37.2. The average molecular weight is 1620 g/mol. The Bertz CT molecular complexity index is 2450. The molecule has 34 heteroatoms. The molecule has 0 aromatic rings. The summed E-state index contributed by atoms with van der Waals surface area (Å²) in [6, 6.07) is -2.64. The first-order chi connectivity index (χ1) is 47.7. The zero-order valence-electron chi connectivity index (χ0n) is 58.5. The van der Waals surface area contributed by atoms with Gasteiger partial charge in [0.2, 0.25) is 0 Å². The number of piperidine rings is 11. The summed E-state index contributed by atoms with van der Waals surface area (Å²) in [5, 5.41) is 162. The van der Waals surface area contributed by atoms with Gasteiger partial charge in [-0.25, -0.2) is 0 Å². The third kappa shape index (κ3) is 29.9. The van der Waals surface area contributed by atoms with Crippen molar-refractivity contribution in [3.63, 3.8) is 0 Å². The fourth-order valence-electron chi connectivity index (χ4n) is 14.1. The van der Waals surface area contributed by atoms with Crippen molar-refractivity contribution in [2.45, 2.75) is 316 Å². The third-order valence-electron chi connectivity index (χ3n) is 19.9. The van der Waals surface area contributed by atoms with Gasteiger partial charge in [-0.05, 0) is 83.5 Å². The van der Waals surface area contributed by atoms with E-state index in [4.69, 9.17) is 0 Å². The molecule has 0 bridgehead atoms. The van der Waals surface area contributed by atoms with E-state index in [-0.39, 0.29) is 182 Å². The molecule has 4 radical (unpaired) electrons. The van der Waals surface area contributed by atoms with Gasteiger partial charge in [0.15, 0.2) is 0 Å². The van der Waals surface area contributed by atoms with E-state index in [2.05, 4.69) is 93.1 Å². The van der Waals surface area contributed by atoms with E-state index >= 15 is 0 Å². The summed E-state index contributed by atoms with van der Waals surface area (Å²) < 4.78 is 0. The molecule has 16 atom stereocenters. The Kier molecular flexibility index (Phi) is 43.2. The van der Waals surface area contributed by atoms with E-state index < -0.39 is 30.7 Å². The topological polar surface area (TPSA) is 467 Å². The molecule has 11 saturated heterocycles. The smallest absolute Gasteiger partial charge is 0.126 e. The molecule has 4 N–H and O–H groups in total. The zero-order chi connectivity index (χ0) is 68.9. The molecule has 16 unspecified atom stereocenters. The molecule has 30 nitrogen and oxygen atoms in total. The Morgan fingerprint density at radius 1 is 0.265 bits per heavy atom. The Labute approximate surface area is 646 Å². The second-order valence-electron chi connectivity index (χ2n) is 27.6. The number of rotatable bonds is 16. The maximum Gasteiger partial charge on any atom is 0.126 e. The van der Waals surface area contributed by atoms with Crippen molar-refractivity contribution in [2.75, 3.05) is 52.4 Å². The van der Waals surface area contributed by atoms with Gasteiger partial charge in [0.25, 0.3) is 0 Å². The van der Waals surface area contributed by atoms with Gasteiger partial charge in [-0.1, -0.05) is 188 Å². The number of hydroxylamine groups is 4. The quantitative estimate of drug-likeness (QED) is 0.0747. The average Bonchev–Trinajstić information content (AvgIpc) is 0.841. The molecule has 0 amide bonds. The van der Waals surface area contributed by atoms with Gasteiger partial charge < -0.3 is 93.8 Å². The largest absolute Gasteiger partial charge is 0.863 e. The van der Waals surface area contributed by atoms with Crippen molar-refractivity contribution in [3.8, 4) is 0 Å². The van der Waals surface area contributed by atoms with Crippen LogP contribution < -0.4 is 51.5 Å². The van der Waals surface area contributed by atoms with Crippen molar-refractivity contribution in [2.24, 2.45) is 39.9 Å². The van der Waals surface area contributed by atoms with Crippen molar-refractivity contribution >= 4 is 47.2 Å². The van der Waals surface area contributed by atoms with Crippen molar-refractivity contribution < 1.29 is 120 Å². The Morgan fingerprint density at radius 3 is 0.686 bits per heavy atom. The fourth-order valence-corrected chi connectivity index (χ4v) is 14.1. The van der Waals surface area contributed by atoms with Crippen LogP contribution in [0.1, 0.15) is 218 Å². The van der Waals surface area contributed by atoms with Crippen LogP contribution in [0.2, 0.25) is 0 Å². The van der Waals surface area contributed by atoms with Gasteiger partial charge in [0, 0.05) is 68.3 Å². The van der Waals surface area contributed by atoms with E-state index in [0.29, 0.717) is 58.3 Å². The van der Waals surface area contributed by atoms with Gasteiger partial charge in [0.05, 0.1) is 24.7 Å². The molecule has 0 aliphatic carbocycles. The van der Waals surface area contributed by atoms with Gasteiger partial charge in [-0.3, -0.25) is 50.6 Å². The molecule has 0 saturated carbocycles. The molecular weight excluding hydrogens is 1510 g/mol. The van der Waals surface area contributed by atoms with Crippen LogP contribution >= 0.6 is 0 Å². The van der Waals surface area contributed by atoms with Gasteiger partial charge in [-0.2, -0.15) is 0 Å². The zero-order valence-corrected chi connectivity index (χ0v) is 62.3. The summed E-state index contributed by atoms with van der Waals surface area (Å²) in [5.74, 6) is -1.62. The van der Waals surface area contributed by atoms with Crippen LogP contribution in [-0.2, 0) is 68.3 Å². The van der Waals surface area contributed by atoms with Crippen LogP contribution in [0.25, 0.3) is 42.5 Å². The summed E-state index contributed by atoms with van der Waals surface area (Å²) in [6.45, 7) is 5.70. The van der Waals surface area contributed by atoms with Crippen LogP contribution in [0.5, 0.6) is 0 Å². The number of nitrogens with zero attached hydrogens (tertiary/aromatic N) is 18. The van der Waals surface area contributed by atoms with Crippen LogP contribution in [0, 0.1) is 0 Å². The number of hydrogen-bond acceptors (Lipinski definition) is 22. The first-order valence-corrected chi connectivity index (χ1v) is 37.2. The maximum absolute atomic E-state index is 12.3. The predicted molar refractivity (Wildman–Crippen MR) is 366 cm³/mol. The summed E-state index contributed by atoms with van der Waals surface area (Å²) in [4.78, 5) is 33.8. The maximum atomic E-state index is 12.3. The molecule has 598 valence electrons. The van der Waals surface area contributed by atoms with E-state index in [9.17, 15) is 51.3 Å². The van der Waals surface area contributed by atoms with Crippen molar-refractivity contribution in [1.82, 2.24) is 20.8 Å². The van der Waals surface area contributed by atoms with E-state index in [1.807, 2.05) is 12.2 Å². The van der Waals surface area contributed by atoms with Gasteiger partial charge in [0.1, 0.15) is 24.7 Å². The normalized spacial score (nSPS) is 34.8. The van der Waals surface area contributed by atoms with Crippen LogP contribution in [0.3, 0.4) is 0 Å². The molecule has 0 aromatic heterocycles. The molecule has 0 spiro atoms. The minimum absolute atomic E-state index is 0. The molecule has 12 aliphatic heterocycles. The summed E-state index contributed by atoms with van der Waals surface area (Å²) in [6.07, 6.45) is 29.7. The summed E-state index contributed by atoms with van der Waals surface area (Å²) in [5.41, 5.74) is 0. The van der Waals surface area contributed by atoms with Crippen molar-refractivity contribution in [1.29, 1.82) is 0 Å². The fraction of sp³-hybridized carbons (Fsp3) is 0.853. The van der Waals surface area contributed by atoms with Crippen LogP contribution in [0.15, 0.2) is 52.1 Å². The monoisotopic (exact) mass is 1610 g/mol. The van der Waals surface area contributed by atoms with Crippen LogP contribution in [-0.4, -0.2) is 218 Å². The molecule has 12 aliphatic rings. The SMILES string of the molecule is [Cu].[Cu].[Cu].[Cu].[O-]/C(=N\C1CCCC(/N=C(\[O-])C2CCCC[N-]2)N1)C1CCCC[N-]1.[O-]/C(=N\C1CCCC(/N=C(\[O-])C2CCCC[N-]2)N1O)C1CC=CC[N-]1.[O-]/C(=N\C1CCCC(/N=C(\[O-])C2CCCC[N-]2)N1O)C1CCCC[N-]1.[O-]C(=NC1CCCC(/N=C(\[O-])C2CCCC[N-]2)N1)C1CCCC[N-]1. The Morgan fingerprint density at radius 2 is 0.480 bits per heavy atom. The number of nitrogens with one attached hydrogen (secondary N) is 2. The molecular formula is C68H106Cu4N20O10-16. The van der Waals surface area contributed by atoms with Gasteiger partial charge in [-0.15, -0.1) is 117 Å². The summed E-state index contributed by atoms with van der Waals surface area (Å²) >= 11 is 0. The molecule has 102 heavy (non-hydrogen) atoms.